The molecule has 122 valence electrons. The Balaban J connectivity index is 2.74. The van der Waals surface area contributed by atoms with E-state index in [1.807, 2.05) is 0 Å². The highest BCUT2D eigenvalue weighted by Crippen LogP contribution is 2.22. The highest BCUT2D eigenvalue weighted by atomic mass is 19.4. The zero-order valence-corrected chi connectivity index (χ0v) is 12.1. The van der Waals surface area contributed by atoms with Crippen LogP contribution in [0, 0.1) is 0 Å². The molecule has 6 nitrogen and oxygen atoms in total. The molecule has 1 N–H and O–H groups in total. The second-order valence-electron chi connectivity index (χ2n) is 5.76. The van der Waals surface area contributed by atoms with Gasteiger partial charge in [-0.3, -0.25) is 4.79 Å². The average Bonchev–Trinajstić information content (AvgIpc) is 2.33. The zero-order chi connectivity index (χ0) is 16.4. The normalized spacial score (nSPS) is 20.4. The summed E-state index contributed by atoms with van der Waals surface area (Å²) in [5.74, 6) is -2.01. The molecule has 0 aromatic heterocycles. The molecule has 21 heavy (non-hydrogen) atoms. The molecule has 2 amide bonds. The molecular formula is C12H19F3N2O4. The van der Waals surface area contributed by atoms with Crippen molar-refractivity contribution in [2.75, 3.05) is 26.2 Å². The Labute approximate surface area is 120 Å². The van der Waals surface area contributed by atoms with Crippen LogP contribution in [-0.2, 0) is 9.53 Å². The third-order valence-electron chi connectivity index (χ3n) is 2.85. The molecule has 0 aromatic rings. The summed E-state index contributed by atoms with van der Waals surface area (Å²) >= 11 is 0. The van der Waals surface area contributed by atoms with Gasteiger partial charge in [0.2, 0.25) is 0 Å². The van der Waals surface area contributed by atoms with Crippen LogP contribution >= 0.6 is 0 Å². The molecule has 0 aliphatic carbocycles. The molecule has 1 heterocycles. The minimum Gasteiger partial charge on any atom is -0.444 e. The summed E-state index contributed by atoms with van der Waals surface area (Å²) < 4.78 is 42.4. The molecule has 0 aromatic carbocycles. The fourth-order valence-corrected chi connectivity index (χ4v) is 1.93. The smallest absolute Gasteiger partial charge is 0.444 e. The van der Waals surface area contributed by atoms with E-state index in [2.05, 4.69) is 0 Å². The van der Waals surface area contributed by atoms with Gasteiger partial charge in [0, 0.05) is 19.6 Å². The molecule has 0 spiro atoms. The second kappa shape index (κ2) is 6.08. The molecule has 1 aliphatic rings. The van der Waals surface area contributed by atoms with Crippen molar-refractivity contribution in [1.82, 2.24) is 9.80 Å². The first-order chi connectivity index (χ1) is 9.45. The Bertz CT molecular complexity index is 406. The van der Waals surface area contributed by atoms with Crippen molar-refractivity contribution in [3.63, 3.8) is 0 Å². The van der Waals surface area contributed by atoms with Crippen LogP contribution in [0.1, 0.15) is 20.8 Å². The minimum absolute atomic E-state index is 0.0762. The van der Waals surface area contributed by atoms with Crippen LogP contribution in [0.25, 0.3) is 0 Å². The molecule has 0 bridgehead atoms. The topological polar surface area (TPSA) is 70.1 Å². The number of aliphatic hydroxyl groups excluding tert-OH is 1. The minimum atomic E-state index is -5.00. The maximum Gasteiger partial charge on any atom is 0.471 e. The van der Waals surface area contributed by atoms with E-state index in [9.17, 15) is 22.8 Å². The summed E-state index contributed by atoms with van der Waals surface area (Å²) in [6, 6.07) is -1.10. The molecule has 0 radical (unpaired) electrons. The van der Waals surface area contributed by atoms with Crippen LogP contribution in [0.2, 0.25) is 0 Å². The Morgan fingerprint density at radius 1 is 1.24 bits per heavy atom. The van der Waals surface area contributed by atoms with E-state index in [0.717, 1.165) is 0 Å². The van der Waals surface area contributed by atoms with Crippen LogP contribution in [0.4, 0.5) is 18.0 Å². The highest BCUT2D eigenvalue weighted by molar-refractivity contribution is 5.82. The summed E-state index contributed by atoms with van der Waals surface area (Å²) in [5.41, 5.74) is -0.731. The number of carbonyl (C=O) groups is 2. The van der Waals surface area contributed by atoms with E-state index in [0.29, 0.717) is 4.90 Å². The third kappa shape index (κ3) is 4.76. The average molecular weight is 312 g/mol. The van der Waals surface area contributed by atoms with E-state index < -0.39 is 36.4 Å². The summed E-state index contributed by atoms with van der Waals surface area (Å²) in [4.78, 5) is 24.8. The summed E-state index contributed by atoms with van der Waals surface area (Å²) in [6.45, 7) is 3.75. The summed E-state index contributed by atoms with van der Waals surface area (Å²) in [6.07, 6.45) is -5.68. The third-order valence-corrected chi connectivity index (χ3v) is 2.85. The summed E-state index contributed by atoms with van der Waals surface area (Å²) in [7, 11) is 0. The standard InChI is InChI=1S/C12H19F3N2O4/c1-11(2,3)21-10(20)16-4-5-17(8(6-16)7-18)9(19)12(13,14)15/h8,18H,4-7H2,1-3H3/t8-/m0/s1. The lowest BCUT2D eigenvalue weighted by Gasteiger charge is -2.40. The molecule has 9 heteroatoms. The number of aliphatic hydroxyl groups is 1. The fraction of sp³-hybridized carbons (Fsp3) is 0.833. The van der Waals surface area contributed by atoms with Gasteiger partial charge < -0.3 is 19.6 Å². The Kier molecular flexibility index (Phi) is 5.08. The van der Waals surface area contributed by atoms with Gasteiger partial charge in [0.25, 0.3) is 0 Å². The highest BCUT2D eigenvalue weighted by Gasteiger charge is 2.46. The Morgan fingerprint density at radius 3 is 2.24 bits per heavy atom. The molecule has 0 unspecified atom stereocenters. The van der Waals surface area contributed by atoms with Crippen molar-refractivity contribution in [2.24, 2.45) is 0 Å². The van der Waals surface area contributed by atoms with Gasteiger partial charge in [0.1, 0.15) is 5.60 Å². The lowest BCUT2D eigenvalue weighted by atomic mass is 10.1. The number of nitrogens with zero attached hydrogens (tertiary/aromatic N) is 2. The van der Waals surface area contributed by atoms with E-state index in [-0.39, 0.29) is 19.6 Å². The second-order valence-corrected chi connectivity index (χ2v) is 5.76. The molecule has 1 atom stereocenters. The maximum atomic E-state index is 12.4. The van der Waals surface area contributed by atoms with Crippen molar-refractivity contribution >= 4 is 12.0 Å². The van der Waals surface area contributed by atoms with Gasteiger partial charge in [0.05, 0.1) is 12.6 Å². The number of halogens is 3. The van der Waals surface area contributed by atoms with Crippen molar-refractivity contribution in [1.29, 1.82) is 0 Å². The Hall–Kier alpha value is -1.51. The maximum absolute atomic E-state index is 12.4. The van der Waals surface area contributed by atoms with Crippen LogP contribution in [-0.4, -0.2) is 71.0 Å². The first-order valence-corrected chi connectivity index (χ1v) is 6.42. The summed E-state index contributed by atoms with van der Waals surface area (Å²) in [5, 5.41) is 9.17. The fourth-order valence-electron chi connectivity index (χ4n) is 1.93. The van der Waals surface area contributed by atoms with Crippen molar-refractivity contribution < 1.29 is 32.6 Å². The molecular weight excluding hydrogens is 293 g/mol. The molecule has 0 saturated carbocycles. The van der Waals surface area contributed by atoms with E-state index in [4.69, 9.17) is 9.84 Å². The van der Waals surface area contributed by atoms with Crippen molar-refractivity contribution in [3.8, 4) is 0 Å². The largest absolute Gasteiger partial charge is 0.471 e. The van der Waals surface area contributed by atoms with E-state index in [1.165, 1.54) is 4.90 Å². The van der Waals surface area contributed by atoms with Crippen LogP contribution in [0.5, 0.6) is 0 Å². The van der Waals surface area contributed by atoms with Gasteiger partial charge in [-0.1, -0.05) is 0 Å². The number of hydrogen-bond acceptors (Lipinski definition) is 4. The number of piperazine rings is 1. The number of carbonyl (C=O) groups excluding carboxylic acids is 2. The monoisotopic (exact) mass is 312 g/mol. The van der Waals surface area contributed by atoms with Crippen LogP contribution in [0.3, 0.4) is 0 Å². The number of amides is 2. The van der Waals surface area contributed by atoms with Crippen molar-refractivity contribution in [2.45, 2.75) is 38.6 Å². The molecule has 1 saturated heterocycles. The predicted molar refractivity (Wildman–Crippen MR) is 66.4 cm³/mol. The Morgan fingerprint density at radius 2 is 1.81 bits per heavy atom. The van der Waals surface area contributed by atoms with Gasteiger partial charge in [-0.05, 0) is 20.8 Å². The number of alkyl halides is 3. The number of ether oxygens (including phenoxy) is 1. The van der Waals surface area contributed by atoms with Crippen molar-refractivity contribution in [3.05, 3.63) is 0 Å². The van der Waals surface area contributed by atoms with Gasteiger partial charge in [0.15, 0.2) is 0 Å². The van der Waals surface area contributed by atoms with Crippen LogP contribution < -0.4 is 0 Å². The lowest BCUT2D eigenvalue weighted by molar-refractivity contribution is -0.190. The van der Waals surface area contributed by atoms with E-state index >= 15 is 0 Å². The van der Waals surface area contributed by atoms with Gasteiger partial charge in [-0.2, -0.15) is 13.2 Å². The first kappa shape index (κ1) is 17.5. The van der Waals surface area contributed by atoms with Gasteiger partial charge >= 0.3 is 18.2 Å². The molecule has 1 fully saturated rings. The number of hydrogen-bond donors (Lipinski definition) is 1. The zero-order valence-electron chi connectivity index (χ0n) is 12.1. The van der Waals surface area contributed by atoms with Crippen LogP contribution in [0.15, 0.2) is 0 Å². The molecule has 1 aliphatic heterocycles. The van der Waals surface area contributed by atoms with E-state index in [1.54, 1.807) is 20.8 Å². The quantitative estimate of drug-likeness (QED) is 0.784. The SMILES string of the molecule is CC(C)(C)OC(=O)N1CCN(C(=O)C(F)(F)F)[C@H](CO)C1. The van der Waals surface area contributed by atoms with Gasteiger partial charge in [-0.25, -0.2) is 4.79 Å². The lowest BCUT2D eigenvalue weighted by Crippen LogP contribution is -2.60. The predicted octanol–water partition coefficient (Wildman–Crippen LogP) is 0.989. The number of rotatable bonds is 1. The first-order valence-electron chi connectivity index (χ1n) is 6.42. The van der Waals surface area contributed by atoms with Gasteiger partial charge in [-0.15, -0.1) is 0 Å². The molecule has 1 rings (SSSR count).